The van der Waals surface area contributed by atoms with Crippen LogP contribution in [0.3, 0.4) is 0 Å². The number of imide groups is 1. The van der Waals surface area contributed by atoms with Gasteiger partial charge < -0.3 is 10.2 Å². The molecule has 0 aliphatic carbocycles. The SMILES string of the molecule is O=C(O)C(CCN1C(=O)c2ccccc2C1=O)C(O)CCc1ccc(-c2ccc(C(F)(F)F)cc2)cc1. The maximum Gasteiger partial charge on any atom is 0.416 e. The van der Waals surface area contributed by atoms with Crippen molar-refractivity contribution in [2.45, 2.75) is 31.5 Å². The van der Waals surface area contributed by atoms with Crippen LogP contribution in [0.15, 0.2) is 72.8 Å². The van der Waals surface area contributed by atoms with Crippen molar-refractivity contribution in [3.8, 4) is 11.1 Å². The van der Waals surface area contributed by atoms with Crippen LogP contribution >= 0.6 is 0 Å². The fourth-order valence-corrected chi connectivity index (χ4v) is 4.42. The molecule has 2 amide bonds. The Labute approximate surface area is 211 Å². The van der Waals surface area contributed by atoms with Crippen molar-refractivity contribution in [2.75, 3.05) is 6.54 Å². The number of aliphatic hydroxyl groups excluding tert-OH is 1. The maximum absolute atomic E-state index is 12.8. The van der Waals surface area contributed by atoms with Crippen molar-refractivity contribution in [2.24, 2.45) is 5.92 Å². The second kappa shape index (κ2) is 10.6. The van der Waals surface area contributed by atoms with Crippen molar-refractivity contribution >= 4 is 17.8 Å². The summed E-state index contributed by atoms with van der Waals surface area (Å²) in [7, 11) is 0. The number of carbonyl (C=O) groups is 3. The van der Waals surface area contributed by atoms with Gasteiger partial charge in [0.2, 0.25) is 0 Å². The molecule has 192 valence electrons. The molecule has 37 heavy (non-hydrogen) atoms. The molecule has 1 aliphatic rings. The van der Waals surface area contributed by atoms with E-state index >= 15 is 0 Å². The number of hydrogen-bond donors (Lipinski definition) is 2. The Balaban J connectivity index is 1.33. The molecule has 0 bridgehead atoms. The lowest BCUT2D eigenvalue weighted by molar-refractivity contribution is -0.146. The summed E-state index contributed by atoms with van der Waals surface area (Å²) < 4.78 is 38.3. The van der Waals surface area contributed by atoms with Crippen molar-refractivity contribution in [1.82, 2.24) is 4.90 Å². The van der Waals surface area contributed by atoms with Crippen LogP contribution in [0.5, 0.6) is 0 Å². The summed E-state index contributed by atoms with van der Waals surface area (Å²) in [6.07, 6.45) is -5.19. The highest BCUT2D eigenvalue weighted by Crippen LogP contribution is 2.31. The molecule has 3 aromatic rings. The van der Waals surface area contributed by atoms with Gasteiger partial charge in [-0.3, -0.25) is 19.3 Å². The number of carbonyl (C=O) groups excluding carboxylic acids is 2. The first kappa shape index (κ1) is 26.1. The molecule has 3 aromatic carbocycles. The average molecular weight is 511 g/mol. The van der Waals surface area contributed by atoms with E-state index in [4.69, 9.17) is 0 Å². The molecular weight excluding hydrogens is 487 g/mol. The van der Waals surface area contributed by atoms with Crippen molar-refractivity contribution < 1.29 is 37.8 Å². The fraction of sp³-hybridized carbons (Fsp3) is 0.250. The first-order chi connectivity index (χ1) is 17.6. The molecule has 0 saturated carbocycles. The van der Waals surface area contributed by atoms with Crippen LogP contribution in [-0.2, 0) is 17.4 Å². The third-order valence-corrected chi connectivity index (χ3v) is 6.55. The highest BCUT2D eigenvalue weighted by Gasteiger charge is 2.36. The summed E-state index contributed by atoms with van der Waals surface area (Å²) in [6, 6.07) is 18.3. The average Bonchev–Trinajstić information content (AvgIpc) is 3.12. The van der Waals surface area contributed by atoms with Gasteiger partial charge in [0.1, 0.15) is 0 Å². The smallest absolute Gasteiger partial charge is 0.416 e. The van der Waals surface area contributed by atoms with E-state index in [1.54, 1.807) is 48.5 Å². The monoisotopic (exact) mass is 511 g/mol. The van der Waals surface area contributed by atoms with Gasteiger partial charge in [-0.15, -0.1) is 0 Å². The zero-order chi connectivity index (χ0) is 26.7. The van der Waals surface area contributed by atoms with Crippen LogP contribution in [-0.4, -0.2) is 45.5 Å². The highest BCUT2D eigenvalue weighted by atomic mass is 19.4. The zero-order valence-electron chi connectivity index (χ0n) is 19.6. The number of hydrogen-bond acceptors (Lipinski definition) is 4. The lowest BCUT2D eigenvalue weighted by Gasteiger charge is -2.22. The second-order valence-electron chi connectivity index (χ2n) is 8.92. The summed E-state index contributed by atoms with van der Waals surface area (Å²) in [5.74, 6) is -3.35. The highest BCUT2D eigenvalue weighted by molar-refractivity contribution is 6.21. The maximum atomic E-state index is 12.8. The molecule has 4 rings (SSSR count). The number of aliphatic carboxylic acids is 1. The molecule has 2 unspecified atom stereocenters. The van der Waals surface area contributed by atoms with Crippen LogP contribution < -0.4 is 0 Å². The Bertz CT molecular complexity index is 1270. The molecule has 6 nitrogen and oxygen atoms in total. The minimum atomic E-state index is -4.40. The summed E-state index contributed by atoms with van der Waals surface area (Å²) in [4.78, 5) is 37.8. The Morgan fingerprint density at radius 3 is 1.81 bits per heavy atom. The van der Waals surface area contributed by atoms with Gasteiger partial charge in [0, 0.05) is 6.54 Å². The van der Waals surface area contributed by atoms with Crippen molar-refractivity contribution in [1.29, 1.82) is 0 Å². The van der Waals surface area contributed by atoms with E-state index in [2.05, 4.69) is 0 Å². The molecule has 1 heterocycles. The minimum absolute atomic E-state index is 0.0885. The fourth-order valence-electron chi connectivity index (χ4n) is 4.42. The molecular formula is C28H24F3NO5. The number of carboxylic acids is 1. The van der Waals surface area contributed by atoms with Crippen LogP contribution in [0.4, 0.5) is 13.2 Å². The van der Waals surface area contributed by atoms with Crippen molar-refractivity contribution in [3.63, 3.8) is 0 Å². The van der Waals surface area contributed by atoms with Gasteiger partial charge in [0.25, 0.3) is 11.8 Å². The van der Waals surface area contributed by atoms with E-state index in [0.717, 1.165) is 28.2 Å². The number of halogens is 3. The number of aryl methyl sites for hydroxylation is 1. The standard InChI is InChI=1S/C28H24F3NO5/c29-28(30,31)20-12-10-19(11-13-20)18-8-5-17(6-9-18)7-14-24(33)23(27(36)37)15-16-32-25(34)21-3-1-2-4-22(21)26(32)35/h1-6,8-13,23-24,33H,7,14-16H2,(H,36,37). The molecule has 2 atom stereocenters. The first-order valence-electron chi connectivity index (χ1n) is 11.7. The van der Waals surface area contributed by atoms with Gasteiger partial charge in [-0.2, -0.15) is 13.2 Å². The van der Waals surface area contributed by atoms with Gasteiger partial charge in [-0.1, -0.05) is 48.5 Å². The van der Waals surface area contributed by atoms with Gasteiger partial charge in [-0.25, -0.2) is 0 Å². The van der Waals surface area contributed by atoms with Crippen LogP contribution in [0.1, 0.15) is 44.7 Å². The number of benzene rings is 3. The summed E-state index contributed by atoms with van der Waals surface area (Å²) in [5, 5.41) is 20.2. The number of alkyl halides is 3. The molecule has 0 spiro atoms. The summed E-state index contributed by atoms with van der Waals surface area (Å²) >= 11 is 0. The number of amides is 2. The van der Waals surface area contributed by atoms with Gasteiger partial charge in [-0.05, 0) is 60.2 Å². The van der Waals surface area contributed by atoms with Gasteiger partial charge in [0.05, 0.1) is 28.7 Å². The van der Waals surface area contributed by atoms with E-state index in [9.17, 15) is 37.8 Å². The van der Waals surface area contributed by atoms with Crippen LogP contribution in [0.25, 0.3) is 11.1 Å². The van der Waals surface area contributed by atoms with E-state index < -0.39 is 41.5 Å². The van der Waals surface area contributed by atoms with E-state index in [1.165, 1.54) is 12.1 Å². The number of aliphatic hydroxyl groups is 1. The molecule has 0 saturated heterocycles. The summed E-state index contributed by atoms with van der Waals surface area (Å²) in [5.41, 5.74) is 2.00. The number of rotatable bonds is 9. The number of fused-ring (bicyclic) bond motifs is 1. The topological polar surface area (TPSA) is 94.9 Å². The summed E-state index contributed by atoms with van der Waals surface area (Å²) in [6.45, 7) is -0.123. The van der Waals surface area contributed by atoms with E-state index in [-0.39, 0.29) is 30.5 Å². The van der Waals surface area contributed by atoms with Gasteiger partial charge >= 0.3 is 12.1 Å². The molecule has 2 N–H and O–H groups in total. The number of nitrogens with zero attached hydrogens (tertiary/aromatic N) is 1. The molecule has 9 heteroatoms. The Kier molecular flexibility index (Phi) is 7.45. The van der Waals surface area contributed by atoms with E-state index in [1.807, 2.05) is 0 Å². The van der Waals surface area contributed by atoms with E-state index in [0.29, 0.717) is 12.0 Å². The van der Waals surface area contributed by atoms with Crippen LogP contribution in [0.2, 0.25) is 0 Å². The lowest BCUT2D eigenvalue weighted by atomic mass is 9.93. The molecule has 0 radical (unpaired) electrons. The molecule has 1 aliphatic heterocycles. The Hall–Kier alpha value is -3.98. The normalized spacial score (nSPS) is 15.0. The predicted octanol–water partition coefficient (Wildman–Crippen LogP) is 5.05. The second-order valence-corrected chi connectivity index (χ2v) is 8.92. The zero-order valence-corrected chi connectivity index (χ0v) is 19.6. The largest absolute Gasteiger partial charge is 0.481 e. The number of carboxylic acid groups (broad SMARTS) is 1. The minimum Gasteiger partial charge on any atom is -0.481 e. The van der Waals surface area contributed by atoms with Gasteiger partial charge in [0.15, 0.2) is 0 Å². The quantitative estimate of drug-likeness (QED) is 0.392. The first-order valence-corrected chi connectivity index (χ1v) is 11.7. The molecule has 0 aromatic heterocycles. The third-order valence-electron chi connectivity index (χ3n) is 6.55. The van der Waals surface area contributed by atoms with Crippen LogP contribution in [0, 0.1) is 5.92 Å². The molecule has 0 fully saturated rings. The lowest BCUT2D eigenvalue weighted by Crippen LogP contribution is -2.36. The van der Waals surface area contributed by atoms with Crippen molar-refractivity contribution in [3.05, 3.63) is 95.1 Å². The predicted molar refractivity (Wildman–Crippen MR) is 129 cm³/mol. The third kappa shape index (κ3) is 5.72. The Morgan fingerprint density at radius 2 is 1.32 bits per heavy atom. The Morgan fingerprint density at radius 1 is 0.811 bits per heavy atom.